The Morgan fingerprint density at radius 1 is 1.00 bits per heavy atom. The molecule has 0 atom stereocenters. The quantitative estimate of drug-likeness (QED) is 0.691. The van der Waals surface area contributed by atoms with Crippen molar-refractivity contribution >= 4 is 28.1 Å². The Morgan fingerprint density at radius 3 is 2.41 bits per heavy atom. The fraction of sp³-hybridized carbons (Fsp3) is 0.118. The topological polar surface area (TPSA) is 34.1 Å². The van der Waals surface area contributed by atoms with E-state index >= 15 is 0 Å². The Morgan fingerprint density at radius 2 is 1.73 bits per heavy atom. The maximum absolute atomic E-state index is 5.86. The third kappa shape index (κ3) is 4.23. The van der Waals surface area contributed by atoms with E-state index in [1.54, 1.807) is 17.5 Å². The highest BCUT2D eigenvalue weighted by atomic mass is 35.5. The number of nitrogens with one attached hydrogen (secondary N) is 1. The fourth-order valence-electron chi connectivity index (χ4n) is 1.94. The van der Waals surface area contributed by atoms with Gasteiger partial charge in [-0.2, -0.15) is 0 Å². The van der Waals surface area contributed by atoms with Crippen LogP contribution >= 0.6 is 22.9 Å². The zero-order chi connectivity index (χ0) is 15.2. The van der Waals surface area contributed by atoms with E-state index in [9.17, 15) is 0 Å². The minimum atomic E-state index is 0.536. The molecule has 3 nitrogen and oxygen atoms in total. The van der Waals surface area contributed by atoms with Crippen LogP contribution in [0, 0.1) is 0 Å². The van der Waals surface area contributed by atoms with Gasteiger partial charge in [0.25, 0.3) is 0 Å². The van der Waals surface area contributed by atoms with E-state index in [1.165, 1.54) is 5.56 Å². The molecule has 112 valence electrons. The van der Waals surface area contributed by atoms with Crippen LogP contribution in [0.2, 0.25) is 5.02 Å². The molecule has 0 unspecified atom stereocenters. The van der Waals surface area contributed by atoms with Gasteiger partial charge in [0.1, 0.15) is 12.4 Å². The van der Waals surface area contributed by atoms with E-state index in [2.05, 4.69) is 22.4 Å². The first kappa shape index (κ1) is 14.9. The summed E-state index contributed by atoms with van der Waals surface area (Å²) in [6, 6.07) is 15.7. The van der Waals surface area contributed by atoms with E-state index in [0.717, 1.165) is 28.0 Å². The van der Waals surface area contributed by atoms with Gasteiger partial charge >= 0.3 is 0 Å². The van der Waals surface area contributed by atoms with Crippen molar-refractivity contribution < 1.29 is 4.74 Å². The molecule has 0 bridgehead atoms. The van der Waals surface area contributed by atoms with Gasteiger partial charge in [-0.3, -0.25) is 0 Å². The molecule has 0 fully saturated rings. The van der Waals surface area contributed by atoms with Crippen molar-refractivity contribution in [3.05, 3.63) is 76.3 Å². The molecular formula is C17H15ClN2OS. The fourth-order valence-corrected chi connectivity index (χ4v) is 2.59. The van der Waals surface area contributed by atoms with Crippen molar-refractivity contribution in [2.24, 2.45) is 0 Å². The lowest BCUT2D eigenvalue weighted by Gasteiger charge is -2.08. The summed E-state index contributed by atoms with van der Waals surface area (Å²) in [6.45, 7) is 1.29. The number of hydrogen-bond acceptors (Lipinski definition) is 4. The number of hydrogen-bond donors (Lipinski definition) is 1. The first-order valence-electron chi connectivity index (χ1n) is 6.89. The summed E-state index contributed by atoms with van der Waals surface area (Å²) in [5.74, 6) is 0.855. The van der Waals surface area contributed by atoms with Gasteiger partial charge in [0.15, 0.2) is 5.13 Å². The van der Waals surface area contributed by atoms with E-state index in [-0.39, 0.29) is 0 Å². The molecule has 22 heavy (non-hydrogen) atoms. The summed E-state index contributed by atoms with van der Waals surface area (Å²) in [4.78, 5) is 4.19. The Labute approximate surface area is 138 Å². The van der Waals surface area contributed by atoms with Crippen LogP contribution in [0.1, 0.15) is 11.1 Å². The van der Waals surface area contributed by atoms with Gasteiger partial charge in [-0.15, -0.1) is 11.3 Å². The molecule has 1 heterocycles. The lowest BCUT2D eigenvalue weighted by atomic mass is 10.2. The van der Waals surface area contributed by atoms with Gasteiger partial charge in [-0.25, -0.2) is 4.98 Å². The Hall–Kier alpha value is -2.04. The van der Waals surface area contributed by atoms with E-state index < -0.39 is 0 Å². The number of rotatable bonds is 6. The van der Waals surface area contributed by atoms with Gasteiger partial charge < -0.3 is 10.1 Å². The van der Waals surface area contributed by atoms with Crippen LogP contribution in [0.3, 0.4) is 0 Å². The van der Waals surface area contributed by atoms with Gasteiger partial charge in [0.2, 0.25) is 0 Å². The summed E-state index contributed by atoms with van der Waals surface area (Å²) >= 11 is 7.46. The third-order valence-corrected chi connectivity index (χ3v) is 4.10. The second-order valence-corrected chi connectivity index (χ2v) is 6.08. The predicted octanol–water partition coefficient (Wildman–Crippen LogP) is 4.99. The molecule has 3 aromatic rings. The summed E-state index contributed by atoms with van der Waals surface area (Å²) < 4.78 is 5.76. The lowest BCUT2D eigenvalue weighted by Crippen LogP contribution is -1.99. The molecule has 5 heteroatoms. The molecule has 0 aliphatic carbocycles. The molecule has 0 amide bonds. The Bertz CT molecular complexity index is 697. The number of aromatic nitrogens is 1. The van der Waals surface area contributed by atoms with Crippen LogP contribution in [-0.4, -0.2) is 4.98 Å². The Kier molecular flexibility index (Phi) is 4.93. The normalized spacial score (nSPS) is 10.4. The van der Waals surface area contributed by atoms with Crippen molar-refractivity contribution in [2.75, 3.05) is 5.32 Å². The second-order valence-electron chi connectivity index (χ2n) is 4.75. The van der Waals surface area contributed by atoms with E-state index in [0.29, 0.717) is 6.61 Å². The van der Waals surface area contributed by atoms with Crippen LogP contribution in [-0.2, 0) is 13.2 Å². The highest BCUT2D eigenvalue weighted by Gasteiger charge is 1.99. The van der Waals surface area contributed by atoms with Gasteiger partial charge in [-0.1, -0.05) is 35.9 Å². The van der Waals surface area contributed by atoms with Crippen LogP contribution in [0.4, 0.5) is 5.13 Å². The summed E-state index contributed by atoms with van der Waals surface area (Å²) in [6.07, 6.45) is 1.79. The maximum atomic E-state index is 5.86. The SMILES string of the molecule is Clc1ccc(COc2ccc(CNc3nccs3)cc2)cc1. The van der Waals surface area contributed by atoms with E-state index in [4.69, 9.17) is 16.3 Å². The molecule has 1 aromatic heterocycles. The highest BCUT2D eigenvalue weighted by Crippen LogP contribution is 2.17. The van der Waals surface area contributed by atoms with Gasteiger partial charge in [0.05, 0.1) is 0 Å². The first-order valence-corrected chi connectivity index (χ1v) is 8.15. The molecule has 0 aliphatic heterocycles. The smallest absolute Gasteiger partial charge is 0.182 e. The average Bonchev–Trinajstić information content (AvgIpc) is 3.07. The van der Waals surface area contributed by atoms with Crippen molar-refractivity contribution in [2.45, 2.75) is 13.2 Å². The molecule has 0 radical (unpaired) electrons. The lowest BCUT2D eigenvalue weighted by molar-refractivity contribution is 0.306. The molecule has 0 saturated heterocycles. The zero-order valence-electron chi connectivity index (χ0n) is 11.8. The number of benzene rings is 2. The average molecular weight is 331 g/mol. The van der Waals surface area contributed by atoms with E-state index in [1.807, 2.05) is 41.8 Å². The zero-order valence-corrected chi connectivity index (χ0v) is 13.4. The minimum absolute atomic E-state index is 0.536. The van der Waals surface area contributed by atoms with Crippen molar-refractivity contribution in [1.82, 2.24) is 4.98 Å². The van der Waals surface area contributed by atoms with Crippen LogP contribution in [0.15, 0.2) is 60.1 Å². The van der Waals surface area contributed by atoms with Crippen LogP contribution < -0.4 is 10.1 Å². The molecule has 1 N–H and O–H groups in total. The standard InChI is InChI=1S/C17H15ClN2OS/c18-15-5-1-14(2-6-15)12-21-16-7-3-13(4-8-16)11-20-17-19-9-10-22-17/h1-10H,11-12H2,(H,19,20). The summed E-state index contributed by atoms with van der Waals surface area (Å²) in [7, 11) is 0. The predicted molar refractivity (Wildman–Crippen MR) is 91.7 cm³/mol. The van der Waals surface area contributed by atoms with Crippen molar-refractivity contribution in [3.8, 4) is 5.75 Å². The largest absolute Gasteiger partial charge is 0.489 e. The van der Waals surface area contributed by atoms with Gasteiger partial charge in [0, 0.05) is 23.1 Å². The number of halogens is 1. The molecular weight excluding hydrogens is 316 g/mol. The second kappa shape index (κ2) is 7.29. The van der Waals surface area contributed by atoms with Crippen molar-refractivity contribution in [3.63, 3.8) is 0 Å². The summed E-state index contributed by atoms with van der Waals surface area (Å²) in [5, 5.41) is 6.90. The molecule has 0 saturated carbocycles. The number of thiazole rings is 1. The molecule has 0 spiro atoms. The highest BCUT2D eigenvalue weighted by molar-refractivity contribution is 7.13. The van der Waals surface area contributed by atoms with Crippen molar-refractivity contribution in [1.29, 1.82) is 0 Å². The monoisotopic (exact) mass is 330 g/mol. The molecule has 0 aliphatic rings. The number of anilines is 1. The number of ether oxygens (including phenoxy) is 1. The Balaban J connectivity index is 1.51. The minimum Gasteiger partial charge on any atom is -0.489 e. The van der Waals surface area contributed by atoms with Crippen LogP contribution in [0.25, 0.3) is 0 Å². The molecule has 3 rings (SSSR count). The number of nitrogens with zero attached hydrogens (tertiary/aromatic N) is 1. The molecule has 2 aromatic carbocycles. The van der Waals surface area contributed by atoms with Gasteiger partial charge in [-0.05, 0) is 35.4 Å². The maximum Gasteiger partial charge on any atom is 0.182 e. The van der Waals surface area contributed by atoms with Crippen LogP contribution in [0.5, 0.6) is 5.75 Å². The third-order valence-electron chi connectivity index (χ3n) is 3.12. The first-order chi connectivity index (χ1) is 10.8. The summed E-state index contributed by atoms with van der Waals surface area (Å²) in [5.41, 5.74) is 2.29.